The number of benzene rings is 1. The first-order valence-corrected chi connectivity index (χ1v) is 5.92. The molecule has 0 N–H and O–H groups in total. The topological polar surface area (TPSA) is 17.1 Å². The Kier molecular flexibility index (Phi) is 4.89. The summed E-state index contributed by atoms with van der Waals surface area (Å²) in [5, 5.41) is 0. The largest absolute Gasteiger partial charge is 0.289 e. The van der Waals surface area contributed by atoms with Gasteiger partial charge in [0.2, 0.25) is 0 Å². The van der Waals surface area contributed by atoms with Crippen LogP contribution in [-0.2, 0) is 0 Å². The van der Waals surface area contributed by atoms with Crippen LogP contribution in [0.5, 0.6) is 0 Å². The van der Waals surface area contributed by atoms with E-state index >= 15 is 0 Å². The Labute approximate surface area is 104 Å². The molecule has 17 heavy (non-hydrogen) atoms. The maximum absolute atomic E-state index is 11.8. The van der Waals surface area contributed by atoms with Crippen LogP contribution in [0.15, 0.2) is 55.1 Å². The Morgan fingerprint density at radius 2 is 1.88 bits per heavy atom. The van der Waals surface area contributed by atoms with Crippen molar-refractivity contribution in [2.24, 2.45) is 5.41 Å². The SMILES string of the molecule is C=CCC(C)(C)C/C=C/C(=O)c1ccccc1. The Hall–Kier alpha value is -1.63. The number of ketones is 1. The van der Waals surface area contributed by atoms with Crippen molar-refractivity contribution >= 4 is 5.78 Å². The molecule has 0 aliphatic carbocycles. The first-order chi connectivity index (χ1) is 8.05. The summed E-state index contributed by atoms with van der Waals surface area (Å²) >= 11 is 0. The van der Waals surface area contributed by atoms with Crippen molar-refractivity contribution in [2.75, 3.05) is 0 Å². The lowest BCUT2D eigenvalue weighted by Gasteiger charge is -2.20. The van der Waals surface area contributed by atoms with Crippen molar-refractivity contribution in [1.29, 1.82) is 0 Å². The Balaban J connectivity index is 2.55. The Morgan fingerprint density at radius 1 is 1.24 bits per heavy atom. The quantitative estimate of drug-likeness (QED) is 0.400. The van der Waals surface area contributed by atoms with Gasteiger partial charge in [-0.3, -0.25) is 4.79 Å². The average molecular weight is 228 g/mol. The van der Waals surface area contributed by atoms with E-state index in [1.54, 1.807) is 6.08 Å². The number of rotatable bonds is 6. The van der Waals surface area contributed by atoms with E-state index in [1.807, 2.05) is 42.5 Å². The summed E-state index contributed by atoms with van der Waals surface area (Å²) in [5.74, 6) is 0.0694. The van der Waals surface area contributed by atoms with Gasteiger partial charge >= 0.3 is 0 Å². The van der Waals surface area contributed by atoms with Crippen molar-refractivity contribution in [3.8, 4) is 0 Å². The van der Waals surface area contributed by atoms with Gasteiger partial charge in [-0.15, -0.1) is 6.58 Å². The average Bonchev–Trinajstić information content (AvgIpc) is 2.29. The second kappa shape index (κ2) is 6.19. The predicted molar refractivity (Wildman–Crippen MR) is 73.1 cm³/mol. The highest BCUT2D eigenvalue weighted by atomic mass is 16.1. The van der Waals surface area contributed by atoms with Crippen LogP contribution in [0.4, 0.5) is 0 Å². The lowest BCUT2D eigenvalue weighted by atomic mass is 9.85. The van der Waals surface area contributed by atoms with Crippen LogP contribution < -0.4 is 0 Å². The van der Waals surface area contributed by atoms with E-state index in [0.717, 1.165) is 18.4 Å². The highest BCUT2D eigenvalue weighted by molar-refractivity contribution is 6.04. The van der Waals surface area contributed by atoms with Crippen molar-refractivity contribution in [3.63, 3.8) is 0 Å². The first-order valence-electron chi connectivity index (χ1n) is 5.92. The van der Waals surface area contributed by atoms with Gasteiger partial charge in [0.25, 0.3) is 0 Å². The first kappa shape index (κ1) is 13.4. The molecule has 1 aromatic carbocycles. The number of carbonyl (C=O) groups excluding carboxylic acids is 1. The molecule has 0 atom stereocenters. The number of carbonyl (C=O) groups is 1. The fourth-order valence-corrected chi connectivity index (χ4v) is 1.66. The number of hydrogen-bond donors (Lipinski definition) is 0. The van der Waals surface area contributed by atoms with E-state index in [2.05, 4.69) is 20.4 Å². The maximum Gasteiger partial charge on any atom is 0.185 e. The Morgan fingerprint density at radius 3 is 2.47 bits per heavy atom. The maximum atomic E-state index is 11.8. The predicted octanol–water partition coefficient (Wildman–Crippen LogP) is 4.42. The molecular weight excluding hydrogens is 208 g/mol. The van der Waals surface area contributed by atoms with E-state index < -0.39 is 0 Å². The van der Waals surface area contributed by atoms with Crippen LogP contribution in [-0.4, -0.2) is 5.78 Å². The van der Waals surface area contributed by atoms with Gasteiger partial charge in [0.05, 0.1) is 0 Å². The molecule has 0 heterocycles. The zero-order chi connectivity index (χ0) is 12.7. The molecule has 0 saturated heterocycles. The van der Waals surface area contributed by atoms with Gasteiger partial charge in [-0.1, -0.05) is 56.3 Å². The second-order valence-electron chi connectivity index (χ2n) is 4.99. The fraction of sp³-hybridized carbons (Fsp3) is 0.312. The standard InChI is InChI=1S/C16H20O/c1-4-12-16(2,3)13-8-11-15(17)14-9-6-5-7-10-14/h4-11H,1,12-13H2,2-3H3/b11-8+. The minimum atomic E-state index is 0.0694. The molecular formula is C16H20O. The van der Waals surface area contributed by atoms with E-state index in [-0.39, 0.29) is 11.2 Å². The molecule has 1 rings (SSSR count). The molecule has 0 aliphatic rings. The summed E-state index contributed by atoms with van der Waals surface area (Å²) in [5.41, 5.74) is 0.917. The van der Waals surface area contributed by atoms with Gasteiger partial charge in [0, 0.05) is 5.56 Å². The highest BCUT2D eigenvalue weighted by Crippen LogP contribution is 2.25. The van der Waals surface area contributed by atoms with Gasteiger partial charge in [0.15, 0.2) is 5.78 Å². The van der Waals surface area contributed by atoms with Crippen LogP contribution in [0, 0.1) is 5.41 Å². The van der Waals surface area contributed by atoms with Gasteiger partial charge in [0.1, 0.15) is 0 Å². The Bertz CT molecular complexity index is 399. The molecule has 0 aromatic heterocycles. The molecule has 90 valence electrons. The number of hydrogen-bond acceptors (Lipinski definition) is 1. The van der Waals surface area contributed by atoms with Gasteiger partial charge in [-0.2, -0.15) is 0 Å². The summed E-state index contributed by atoms with van der Waals surface area (Å²) in [6, 6.07) is 9.34. The second-order valence-corrected chi connectivity index (χ2v) is 4.99. The van der Waals surface area contributed by atoms with Crippen LogP contribution in [0.25, 0.3) is 0 Å². The summed E-state index contributed by atoms with van der Waals surface area (Å²) in [6.07, 6.45) is 7.39. The summed E-state index contributed by atoms with van der Waals surface area (Å²) in [4.78, 5) is 11.8. The van der Waals surface area contributed by atoms with Gasteiger partial charge in [-0.05, 0) is 24.3 Å². The fourth-order valence-electron chi connectivity index (χ4n) is 1.66. The lowest BCUT2D eigenvalue weighted by Crippen LogP contribution is -2.08. The molecule has 1 nitrogen and oxygen atoms in total. The molecule has 0 fully saturated rings. The highest BCUT2D eigenvalue weighted by Gasteiger charge is 2.13. The lowest BCUT2D eigenvalue weighted by molar-refractivity contribution is 0.104. The number of allylic oxidation sites excluding steroid dienone is 3. The van der Waals surface area contributed by atoms with Crippen LogP contribution in [0.1, 0.15) is 37.0 Å². The molecule has 1 aromatic rings. The monoisotopic (exact) mass is 228 g/mol. The molecule has 0 amide bonds. The summed E-state index contributed by atoms with van der Waals surface area (Å²) in [6.45, 7) is 8.09. The summed E-state index contributed by atoms with van der Waals surface area (Å²) < 4.78 is 0. The van der Waals surface area contributed by atoms with Crippen molar-refractivity contribution < 1.29 is 4.79 Å². The molecule has 0 unspecified atom stereocenters. The van der Waals surface area contributed by atoms with Gasteiger partial charge in [-0.25, -0.2) is 0 Å². The van der Waals surface area contributed by atoms with Crippen molar-refractivity contribution in [3.05, 3.63) is 60.7 Å². The molecule has 0 radical (unpaired) electrons. The zero-order valence-electron chi connectivity index (χ0n) is 10.6. The molecule has 0 spiro atoms. The van der Waals surface area contributed by atoms with Gasteiger partial charge < -0.3 is 0 Å². The third-order valence-corrected chi connectivity index (χ3v) is 2.69. The minimum absolute atomic E-state index is 0.0694. The zero-order valence-corrected chi connectivity index (χ0v) is 10.6. The molecule has 0 bridgehead atoms. The van der Waals surface area contributed by atoms with E-state index in [4.69, 9.17) is 0 Å². The third-order valence-electron chi connectivity index (χ3n) is 2.69. The van der Waals surface area contributed by atoms with E-state index in [9.17, 15) is 4.79 Å². The van der Waals surface area contributed by atoms with E-state index in [0.29, 0.717) is 0 Å². The molecule has 0 saturated carbocycles. The molecule has 1 heteroatoms. The van der Waals surface area contributed by atoms with E-state index in [1.165, 1.54) is 0 Å². The normalized spacial score (nSPS) is 11.6. The van der Waals surface area contributed by atoms with Crippen molar-refractivity contribution in [2.45, 2.75) is 26.7 Å². The van der Waals surface area contributed by atoms with Crippen molar-refractivity contribution in [1.82, 2.24) is 0 Å². The molecule has 0 aliphatic heterocycles. The van der Waals surface area contributed by atoms with Crippen LogP contribution >= 0.6 is 0 Å². The minimum Gasteiger partial charge on any atom is -0.289 e. The summed E-state index contributed by atoms with van der Waals surface area (Å²) in [7, 11) is 0. The smallest absolute Gasteiger partial charge is 0.185 e. The van der Waals surface area contributed by atoms with Crippen LogP contribution in [0.2, 0.25) is 0 Å². The third kappa shape index (κ3) is 4.81. The van der Waals surface area contributed by atoms with Crippen LogP contribution in [0.3, 0.4) is 0 Å².